The zero-order valence-electron chi connectivity index (χ0n) is 11.7. The molecule has 0 spiro atoms. The Labute approximate surface area is 109 Å². The molecule has 5 heteroatoms. The summed E-state index contributed by atoms with van der Waals surface area (Å²) in [7, 11) is 4.07. The van der Waals surface area contributed by atoms with Gasteiger partial charge in [-0.15, -0.1) is 0 Å². The Hall–Kier alpha value is -1.10. The number of carbonyl (C=O) groups is 2. The van der Waals surface area contributed by atoms with E-state index in [-0.39, 0.29) is 24.8 Å². The molecular formula is C13H25NO4. The van der Waals surface area contributed by atoms with Crippen LogP contribution in [-0.4, -0.2) is 50.7 Å². The van der Waals surface area contributed by atoms with Crippen LogP contribution in [0.2, 0.25) is 0 Å². The first kappa shape index (κ1) is 16.9. The van der Waals surface area contributed by atoms with Gasteiger partial charge in [-0.3, -0.25) is 9.59 Å². The van der Waals surface area contributed by atoms with E-state index in [2.05, 4.69) is 4.90 Å². The van der Waals surface area contributed by atoms with Crippen LogP contribution in [0.4, 0.5) is 0 Å². The van der Waals surface area contributed by atoms with Crippen molar-refractivity contribution >= 4 is 11.9 Å². The van der Waals surface area contributed by atoms with Gasteiger partial charge in [-0.2, -0.15) is 0 Å². The molecule has 0 radical (unpaired) electrons. The molecule has 0 bridgehead atoms. The van der Waals surface area contributed by atoms with Gasteiger partial charge >= 0.3 is 11.9 Å². The standard InChI is InChI=1S/C13H25NO4/c1-4-17-12(15)8-9-13(16)18-11-7-5-6-10-14(2)3/h4-11H2,1-3H3. The van der Waals surface area contributed by atoms with Crippen LogP contribution in [0.1, 0.15) is 39.0 Å². The van der Waals surface area contributed by atoms with Gasteiger partial charge in [0.1, 0.15) is 0 Å². The predicted molar refractivity (Wildman–Crippen MR) is 69.2 cm³/mol. The average Bonchev–Trinajstić information content (AvgIpc) is 2.31. The zero-order chi connectivity index (χ0) is 13.8. The Morgan fingerprint density at radius 1 is 0.944 bits per heavy atom. The first-order valence-electron chi connectivity index (χ1n) is 6.52. The van der Waals surface area contributed by atoms with Gasteiger partial charge in [0, 0.05) is 0 Å². The lowest BCUT2D eigenvalue weighted by atomic mass is 10.2. The molecule has 0 amide bonds. The topological polar surface area (TPSA) is 55.8 Å². The zero-order valence-corrected chi connectivity index (χ0v) is 11.7. The molecule has 18 heavy (non-hydrogen) atoms. The summed E-state index contributed by atoms with van der Waals surface area (Å²) < 4.78 is 9.74. The first-order chi connectivity index (χ1) is 8.56. The van der Waals surface area contributed by atoms with Crippen molar-refractivity contribution in [1.82, 2.24) is 4.90 Å². The van der Waals surface area contributed by atoms with Crippen molar-refractivity contribution in [3.8, 4) is 0 Å². The fourth-order valence-corrected chi connectivity index (χ4v) is 1.40. The second-order valence-corrected chi connectivity index (χ2v) is 4.39. The molecule has 0 saturated carbocycles. The van der Waals surface area contributed by atoms with Crippen molar-refractivity contribution in [2.75, 3.05) is 33.9 Å². The smallest absolute Gasteiger partial charge is 0.306 e. The summed E-state index contributed by atoms with van der Waals surface area (Å²) in [6, 6.07) is 0. The third-order valence-electron chi connectivity index (χ3n) is 2.35. The fraction of sp³-hybridized carbons (Fsp3) is 0.846. The number of carbonyl (C=O) groups excluding carboxylic acids is 2. The molecular weight excluding hydrogens is 234 g/mol. The van der Waals surface area contributed by atoms with Crippen molar-refractivity contribution < 1.29 is 19.1 Å². The summed E-state index contributed by atoms with van der Waals surface area (Å²) in [5.41, 5.74) is 0. The summed E-state index contributed by atoms with van der Waals surface area (Å²) in [5.74, 6) is -0.670. The molecule has 0 atom stereocenters. The maximum atomic E-state index is 11.3. The molecule has 0 fully saturated rings. The van der Waals surface area contributed by atoms with E-state index in [0.29, 0.717) is 13.2 Å². The minimum absolute atomic E-state index is 0.104. The minimum atomic E-state index is -0.347. The van der Waals surface area contributed by atoms with Crippen molar-refractivity contribution in [3.05, 3.63) is 0 Å². The number of hydrogen-bond acceptors (Lipinski definition) is 5. The third kappa shape index (κ3) is 11.4. The molecule has 0 aliphatic heterocycles. The maximum absolute atomic E-state index is 11.3. The van der Waals surface area contributed by atoms with Crippen LogP contribution >= 0.6 is 0 Å². The maximum Gasteiger partial charge on any atom is 0.306 e. The molecule has 5 nitrogen and oxygen atoms in total. The van der Waals surface area contributed by atoms with Gasteiger partial charge in [0.15, 0.2) is 0 Å². The molecule has 0 aromatic heterocycles. The first-order valence-corrected chi connectivity index (χ1v) is 6.52. The molecule has 0 unspecified atom stereocenters. The Kier molecular flexibility index (Phi) is 10.3. The SMILES string of the molecule is CCOC(=O)CCC(=O)OCCCCCN(C)C. The number of ether oxygens (including phenoxy) is 2. The van der Waals surface area contributed by atoms with Crippen LogP contribution in [0.15, 0.2) is 0 Å². The normalized spacial score (nSPS) is 10.4. The summed E-state index contributed by atoms with van der Waals surface area (Å²) in [4.78, 5) is 24.4. The third-order valence-corrected chi connectivity index (χ3v) is 2.35. The van der Waals surface area contributed by atoms with Gasteiger partial charge in [0.05, 0.1) is 26.1 Å². The van der Waals surface area contributed by atoms with E-state index < -0.39 is 0 Å². The Balaban J connectivity index is 3.34. The second kappa shape index (κ2) is 11.0. The van der Waals surface area contributed by atoms with E-state index in [1.165, 1.54) is 0 Å². The van der Waals surface area contributed by atoms with Crippen molar-refractivity contribution in [1.29, 1.82) is 0 Å². The number of hydrogen-bond donors (Lipinski definition) is 0. The van der Waals surface area contributed by atoms with Crippen LogP contribution < -0.4 is 0 Å². The van der Waals surface area contributed by atoms with Gasteiger partial charge in [-0.05, 0) is 46.8 Å². The highest BCUT2D eigenvalue weighted by Crippen LogP contribution is 2.00. The summed E-state index contributed by atoms with van der Waals surface area (Å²) in [6.45, 7) is 3.58. The molecule has 0 aromatic carbocycles. The molecule has 0 aliphatic rings. The lowest BCUT2D eigenvalue weighted by Gasteiger charge is -2.08. The molecule has 0 saturated heterocycles. The van der Waals surface area contributed by atoms with E-state index in [9.17, 15) is 9.59 Å². The highest BCUT2D eigenvalue weighted by Gasteiger charge is 2.08. The summed E-state index contributed by atoms with van der Waals surface area (Å²) in [5, 5.41) is 0. The van der Waals surface area contributed by atoms with Crippen LogP contribution in [0.25, 0.3) is 0 Å². The van der Waals surface area contributed by atoms with Crippen LogP contribution in [-0.2, 0) is 19.1 Å². The highest BCUT2D eigenvalue weighted by atomic mass is 16.5. The van der Waals surface area contributed by atoms with E-state index >= 15 is 0 Å². The summed E-state index contributed by atoms with van der Waals surface area (Å²) >= 11 is 0. The molecule has 0 aliphatic carbocycles. The largest absolute Gasteiger partial charge is 0.466 e. The monoisotopic (exact) mass is 259 g/mol. The summed E-state index contributed by atoms with van der Waals surface area (Å²) in [6.07, 6.45) is 3.24. The number of nitrogens with zero attached hydrogens (tertiary/aromatic N) is 1. The van der Waals surface area contributed by atoms with Crippen molar-refractivity contribution in [2.24, 2.45) is 0 Å². The van der Waals surface area contributed by atoms with E-state index in [1.807, 2.05) is 14.1 Å². The lowest BCUT2D eigenvalue weighted by Crippen LogP contribution is -2.13. The van der Waals surface area contributed by atoms with Gasteiger partial charge in [-0.25, -0.2) is 0 Å². The quantitative estimate of drug-likeness (QED) is 0.440. The lowest BCUT2D eigenvalue weighted by molar-refractivity contribution is -0.150. The minimum Gasteiger partial charge on any atom is -0.466 e. The highest BCUT2D eigenvalue weighted by molar-refractivity contribution is 5.77. The van der Waals surface area contributed by atoms with E-state index in [1.54, 1.807) is 6.92 Å². The van der Waals surface area contributed by atoms with Gasteiger partial charge in [0.25, 0.3) is 0 Å². The molecule has 106 valence electrons. The van der Waals surface area contributed by atoms with Crippen LogP contribution in [0.3, 0.4) is 0 Å². The number of esters is 2. The van der Waals surface area contributed by atoms with Crippen molar-refractivity contribution in [2.45, 2.75) is 39.0 Å². The number of unbranched alkanes of at least 4 members (excludes halogenated alkanes) is 2. The molecule has 0 heterocycles. The number of rotatable bonds is 10. The van der Waals surface area contributed by atoms with Crippen molar-refractivity contribution in [3.63, 3.8) is 0 Å². The predicted octanol–water partition coefficient (Wildman–Crippen LogP) is 1.60. The van der Waals surface area contributed by atoms with Crippen LogP contribution in [0.5, 0.6) is 0 Å². The molecule has 0 rings (SSSR count). The Bertz CT molecular complexity index is 241. The average molecular weight is 259 g/mol. The van der Waals surface area contributed by atoms with E-state index in [0.717, 1.165) is 25.8 Å². The molecule has 0 aromatic rings. The van der Waals surface area contributed by atoms with Crippen LogP contribution in [0, 0.1) is 0 Å². The Morgan fingerprint density at radius 2 is 1.56 bits per heavy atom. The van der Waals surface area contributed by atoms with Gasteiger partial charge in [-0.1, -0.05) is 0 Å². The fourth-order valence-electron chi connectivity index (χ4n) is 1.40. The van der Waals surface area contributed by atoms with Gasteiger partial charge < -0.3 is 14.4 Å². The second-order valence-electron chi connectivity index (χ2n) is 4.39. The van der Waals surface area contributed by atoms with Gasteiger partial charge in [0.2, 0.25) is 0 Å². The van der Waals surface area contributed by atoms with E-state index in [4.69, 9.17) is 9.47 Å². The Morgan fingerprint density at radius 3 is 2.11 bits per heavy atom. The molecule has 0 N–H and O–H groups in total.